The number of hydrogen-bond acceptors (Lipinski definition) is 5. The summed E-state index contributed by atoms with van der Waals surface area (Å²) in [4.78, 5) is 19.8. The number of nitrogens with zero attached hydrogens (tertiary/aromatic N) is 5. The molecule has 9 rings (SSSR count). The average Bonchev–Trinajstić information content (AvgIpc) is 3.71. The molecule has 0 aliphatic carbocycles. The first-order valence-electron chi connectivity index (χ1n) is 15.2. The summed E-state index contributed by atoms with van der Waals surface area (Å²) < 4.78 is 8.31. The van der Waals surface area contributed by atoms with E-state index in [1.165, 1.54) is 0 Å². The van der Waals surface area contributed by atoms with E-state index in [0.29, 0.717) is 23.5 Å². The number of aromatic nitrogens is 5. The Morgan fingerprint density at radius 3 is 1.70 bits per heavy atom. The van der Waals surface area contributed by atoms with Crippen molar-refractivity contribution in [2.24, 2.45) is 0 Å². The topological polar surface area (TPSA) is 69.6 Å². The van der Waals surface area contributed by atoms with Crippen LogP contribution in [0.4, 0.5) is 0 Å². The van der Waals surface area contributed by atoms with Gasteiger partial charge < -0.3 is 4.42 Å². The maximum Gasteiger partial charge on any atom is 0.238 e. The van der Waals surface area contributed by atoms with Gasteiger partial charge in [0.2, 0.25) is 11.8 Å². The monoisotopic (exact) mass is 591 g/mol. The molecule has 3 aromatic heterocycles. The van der Waals surface area contributed by atoms with Crippen LogP contribution in [0.3, 0.4) is 0 Å². The summed E-state index contributed by atoms with van der Waals surface area (Å²) >= 11 is 0. The van der Waals surface area contributed by atoms with Crippen LogP contribution in [0.15, 0.2) is 156 Å². The van der Waals surface area contributed by atoms with Crippen molar-refractivity contribution in [2.45, 2.75) is 0 Å². The zero-order valence-electron chi connectivity index (χ0n) is 24.6. The molecule has 0 radical (unpaired) electrons. The van der Waals surface area contributed by atoms with E-state index < -0.39 is 0 Å². The molecule has 0 aliphatic heterocycles. The van der Waals surface area contributed by atoms with Gasteiger partial charge in [0.15, 0.2) is 17.2 Å². The van der Waals surface area contributed by atoms with Crippen LogP contribution < -0.4 is 0 Å². The molecule has 0 amide bonds. The Hall–Kier alpha value is -6.40. The SMILES string of the molecule is c1ccc(-c2nc(-c3cccc(-c4ccc5nc(-c6ccccc6)oc5c4)c3)nc(-n3c4ccccc4c4ccccc43)n2)cc1. The number of fused-ring (bicyclic) bond motifs is 4. The highest BCUT2D eigenvalue weighted by Crippen LogP contribution is 2.34. The van der Waals surface area contributed by atoms with Crippen molar-refractivity contribution >= 4 is 32.9 Å². The normalized spacial score (nSPS) is 11.5. The third kappa shape index (κ3) is 4.43. The van der Waals surface area contributed by atoms with Gasteiger partial charge in [0.25, 0.3) is 0 Å². The van der Waals surface area contributed by atoms with Crippen LogP contribution in [-0.4, -0.2) is 24.5 Å². The Kier molecular flexibility index (Phi) is 6.03. The van der Waals surface area contributed by atoms with Crippen LogP contribution in [0.1, 0.15) is 0 Å². The Bertz CT molecular complexity index is 2480. The second kappa shape index (κ2) is 10.6. The van der Waals surface area contributed by atoms with Crippen LogP contribution in [0.25, 0.3) is 84.2 Å². The highest BCUT2D eigenvalue weighted by atomic mass is 16.3. The maximum atomic E-state index is 6.18. The smallest absolute Gasteiger partial charge is 0.238 e. The molecule has 0 spiro atoms. The van der Waals surface area contributed by atoms with Gasteiger partial charge in [-0.2, -0.15) is 9.97 Å². The largest absolute Gasteiger partial charge is 0.436 e. The zero-order chi connectivity index (χ0) is 30.5. The number of para-hydroxylation sites is 2. The van der Waals surface area contributed by atoms with E-state index in [2.05, 4.69) is 71.3 Å². The summed E-state index contributed by atoms with van der Waals surface area (Å²) in [6.45, 7) is 0. The lowest BCUT2D eigenvalue weighted by Crippen LogP contribution is -2.06. The molecule has 0 aliphatic rings. The molecule has 6 aromatic carbocycles. The van der Waals surface area contributed by atoms with Gasteiger partial charge in [0.05, 0.1) is 11.0 Å². The summed E-state index contributed by atoms with van der Waals surface area (Å²) in [5.41, 5.74) is 8.46. The van der Waals surface area contributed by atoms with Crippen molar-refractivity contribution in [3.8, 4) is 51.3 Å². The van der Waals surface area contributed by atoms with Crippen LogP contribution in [-0.2, 0) is 0 Å². The van der Waals surface area contributed by atoms with E-state index in [9.17, 15) is 0 Å². The number of hydrogen-bond donors (Lipinski definition) is 0. The van der Waals surface area contributed by atoms with Gasteiger partial charge in [-0.25, -0.2) is 9.97 Å². The summed E-state index contributed by atoms with van der Waals surface area (Å²) in [5.74, 6) is 2.39. The molecule has 0 bridgehead atoms. The zero-order valence-corrected chi connectivity index (χ0v) is 24.6. The van der Waals surface area contributed by atoms with Crippen molar-refractivity contribution in [1.29, 1.82) is 0 Å². The van der Waals surface area contributed by atoms with Crippen molar-refractivity contribution in [1.82, 2.24) is 24.5 Å². The first-order valence-corrected chi connectivity index (χ1v) is 15.2. The van der Waals surface area contributed by atoms with E-state index in [-0.39, 0.29) is 0 Å². The van der Waals surface area contributed by atoms with Gasteiger partial charge in [-0.1, -0.05) is 109 Å². The predicted molar refractivity (Wildman–Crippen MR) is 183 cm³/mol. The highest BCUT2D eigenvalue weighted by Gasteiger charge is 2.18. The summed E-state index contributed by atoms with van der Waals surface area (Å²) in [6, 6.07) is 51.2. The lowest BCUT2D eigenvalue weighted by atomic mass is 10.0. The standard InChI is InChI=1S/C40H25N5O/c1-3-12-26(13-4-1)37-42-38(44-40(43-37)45-34-20-9-7-18-31(34)32-19-8-10-21-35(32)45)30-17-11-16-28(24-30)29-22-23-33-36(25-29)46-39(41-33)27-14-5-2-6-15-27/h1-25H. The van der Waals surface area contributed by atoms with Gasteiger partial charge in [-0.3, -0.25) is 4.57 Å². The van der Waals surface area contributed by atoms with E-state index in [1.807, 2.05) is 84.9 Å². The third-order valence-corrected chi connectivity index (χ3v) is 8.30. The van der Waals surface area contributed by atoms with E-state index >= 15 is 0 Å². The van der Waals surface area contributed by atoms with Crippen LogP contribution in [0.2, 0.25) is 0 Å². The highest BCUT2D eigenvalue weighted by molar-refractivity contribution is 6.09. The molecule has 0 saturated carbocycles. The summed E-state index contributed by atoms with van der Waals surface area (Å²) in [7, 11) is 0. The molecule has 6 heteroatoms. The fourth-order valence-electron chi connectivity index (χ4n) is 6.09. The Balaban J connectivity index is 1.20. The van der Waals surface area contributed by atoms with Crippen LogP contribution in [0.5, 0.6) is 0 Å². The first-order chi connectivity index (χ1) is 22.8. The van der Waals surface area contributed by atoms with E-state index in [1.54, 1.807) is 0 Å². The molecule has 0 saturated heterocycles. The lowest BCUT2D eigenvalue weighted by Gasteiger charge is -2.11. The summed E-state index contributed by atoms with van der Waals surface area (Å²) in [6.07, 6.45) is 0. The molecular formula is C40H25N5O. The number of oxazole rings is 1. The molecule has 9 aromatic rings. The minimum atomic E-state index is 0.572. The molecular weight excluding hydrogens is 566 g/mol. The van der Waals surface area contributed by atoms with Crippen molar-refractivity contribution < 1.29 is 4.42 Å². The molecule has 6 nitrogen and oxygen atoms in total. The minimum absolute atomic E-state index is 0.572. The fraction of sp³-hybridized carbons (Fsp3) is 0. The summed E-state index contributed by atoms with van der Waals surface area (Å²) in [5, 5.41) is 2.31. The molecule has 46 heavy (non-hydrogen) atoms. The molecule has 0 fully saturated rings. The van der Waals surface area contributed by atoms with Gasteiger partial charge >= 0.3 is 0 Å². The van der Waals surface area contributed by atoms with Gasteiger partial charge in [-0.05, 0) is 53.6 Å². The van der Waals surface area contributed by atoms with E-state index in [4.69, 9.17) is 24.4 Å². The Labute approximate surface area is 264 Å². The van der Waals surface area contributed by atoms with Crippen LogP contribution >= 0.6 is 0 Å². The molecule has 3 heterocycles. The number of benzene rings is 6. The third-order valence-electron chi connectivity index (χ3n) is 8.30. The second-order valence-corrected chi connectivity index (χ2v) is 11.2. The number of rotatable bonds is 5. The second-order valence-electron chi connectivity index (χ2n) is 11.2. The predicted octanol–water partition coefficient (Wildman–Crippen LogP) is 9.78. The molecule has 0 unspecified atom stereocenters. The Morgan fingerprint density at radius 1 is 0.413 bits per heavy atom. The van der Waals surface area contributed by atoms with Crippen molar-refractivity contribution in [3.63, 3.8) is 0 Å². The average molecular weight is 592 g/mol. The van der Waals surface area contributed by atoms with Crippen LogP contribution in [0, 0.1) is 0 Å². The van der Waals surface area contributed by atoms with Gasteiger partial charge in [0.1, 0.15) is 5.52 Å². The quantitative estimate of drug-likeness (QED) is 0.199. The minimum Gasteiger partial charge on any atom is -0.436 e. The maximum absolute atomic E-state index is 6.18. The lowest BCUT2D eigenvalue weighted by molar-refractivity contribution is 0.620. The van der Waals surface area contributed by atoms with Gasteiger partial charge in [0, 0.05) is 27.5 Å². The first kappa shape index (κ1) is 26.0. The molecule has 216 valence electrons. The van der Waals surface area contributed by atoms with Crippen molar-refractivity contribution in [2.75, 3.05) is 0 Å². The van der Waals surface area contributed by atoms with Crippen molar-refractivity contribution in [3.05, 3.63) is 152 Å². The fourth-order valence-corrected chi connectivity index (χ4v) is 6.09. The van der Waals surface area contributed by atoms with E-state index in [0.717, 1.165) is 60.7 Å². The molecule has 0 atom stereocenters. The van der Waals surface area contributed by atoms with Gasteiger partial charge in [-0.15, -0.1) is 0 Å². The molecule has 0 N–H and O–H groups in total. The Morgan fingerprint density at radius 2 is 0.978 bits per heavy atom.